The molecule has 0 bridgehead atoms. The number of hydrogen-bond donors (Lipinski definition) is 1. The third-order valence-electron chi connectivity index (χ3n) is 0.274. The average Bonchev–Trinajstić information content (AvgIpc) is 1.63. The van der Waals surface area contributed by atoms with Crippen LogP contribution in [0.25, 0.3) is 0 Å². The molecule has 0 unspecified atom stereocenters. The van der Waals surface area contributed by atoms with Crippen molar-refractivity contribution in [3.05, 3.63) is 0 Å². The van der Waals surface area contributed by atoms with Gasteiger partial charge in [-0.05, 0) is 13.8 Å². The summed E-state index contributed by atoms with van der Waals surface area (Å²) in [5.41, 5.74) is -1.15. The molecule has 0 saturated carbocycles. The van der Waals surface area contributed by atoms with E-state index >= 15 is 0 Å². The highest BCUT2D eigenvalue weighted by Gasteiger charge is 2.07. The fourth-order valence-electron chi connectivity index (χ4n) is 0. The summed E-state index contributed by atoms with van der Waals surface area (Å²) in [5, 5.41) is 16.4. The zero-order valence-corrected chi connectivity index (χ0v) is 8.63. The van der Waals surface area contributed by atoms with Crippen molar-refractivity contribution in [3.8, 4) is 6.07 Å². The molecule has 0 aromatic heterocycles. The summed E-state index contributed by atoms with van der Waals surface area (Å²) in [5.74, 6) is 0. The lowest BCUT2D eigenvalue weighted by Crippen LogP contribution is -2.13. The van der Waals surface area contributed by atoms with Gasteiger partial charge in [-0.2, -0.15) is 5.26 Å². The Morgan fingerprint density at radius 3 is 1.40 bits per heavy atom. The van der Waals surface area contributed by atoms with Crippen LogP contribution in [0.1, 0.15) is 13.8 Å². The second-order valence-electron chi connectivity index (χ2n) is 3.40. The van der Waals surface area contributed by atoms with Crippen LogP contribution in [-0.2, 0) is 0 Å². The molecule has 10 heavy (non-hydrogen) atoms. The van der Waals surface area contributed by atoms with Crippen LogP contribution in [0.4, 0.5) is 0 Å². The highest BCUT2D eigenvalue weighted by Crippen LogP contribution is 1.93. The van der Waals surface area contributed by atoms with E-state index in [1.807, 2.05) is 0 Å². The fourth-order valence-corrected chi connectivity index (χ4v) is 0. The lowest BCUT2D eigenvalue weighted by Gasteiger charge is -2.00. The Kier molecular flexibility index (Phi) is 6.73. The molecule has 0 atom stereocenters. The van der Waals surface area contributed by atoms with Gasteiger partial charge in [0.15, 0.2) is 0 Å². The summed E-state index contributed by atoms with van der Waals surface area (Å²) < 4.78 is 0. The van der Waals surface area contributed by atoms with Crippen molar-refractivity contribution < 1.29 is 5.11 Å². The van der Waals surface area contributed by atoms with Crippen LogP contribution >= 0.6 is 0 Å². The van der Waals surface area contributed by atoms with Crippen molar-refractivity contribution in [1.82, 2.24) is 0 Å². The molecule has 0 aromatic rings. The number of hydrogen-bond acceptors (Lipinski definition) is 2. The van der Waals surface area contributed by atoms with Crippen molar-refractivity contribution in [3.63, 3.8) is 0 Å². The lowest BCUT2D eigenvalue weighted by molar-refractivity contribution is 0.141. The summed E-state index contributed by atoms with van der Waals surface area (Å²) in [7, 11) is -0.139. The Balaban J connectivity index is 0. The van der Waals surface area contributed by atoms with Gasteiger partial charge < -0.3 is 5.11 Å². The molecule has 0 amide bonds. The molecule has 0 aliphatic heterocycles. The lowest BCUT2D eigenvalue weighted by atomic mass is 10.2. The molecule has 0 radical (unpaired) electrons. The van der Waals surface area contributed by atoms with Crippen LogP contribution in [0.2, 0.25) is 19.6 Å². The highest BCUT2D eigenvalue weighted by atomic mass is 28.3. The number of aliphatic hydroxyl groups is 1. The second-order valence-corrected chi connectivity index (χ2v) is 6.87. The predicted molar refractivity (Wildman–Crippen MR) is 46.7 cm³/mol. The molecule has 60 valence electrons. The van der Waals surface area contributed by atoms with Crippen LogP contribution in [0, 0.1) is 11.3 Å². The Morgan fingerprint density at radius 2 is 1.40 bits per heavy atom. The minimum absolute atomic E-state index is 0.139. The van der Waals surface area contributed by atoms with Gasteiger partial charge in [-0.3, -0.25) is 0 Å². The first-order valence-electron chi connectivity index (χ1n) is 3.43. The normalized spacial score (nSPS) is 9.80. The molecule has 0 spiro atoms. The molecule has 0 aliphatic rings. The average molecular weight is 159 g/mol. The number of rotatable bonds is 0. The molecular weight excluding hydrogens is 142 g/mol. The molecule has 0 fully saturated rings. The minimum Gasteiger partial charge on any atom is -0.376 e. The maximum Gasteiger partial charge on any atom is 0.145 e. The van der Waals surface area contributed by atoms with Gasteiger partial charge in [-0.1, -0.05) is 19.6 Å². The molecule has 0 saturated heterocycles. The van der Waals surface area contributed by atoms with E-state index in [1.54, 1.807) is 6.07 Å². The van der Waals surface area contributed by atoms with E-state index < -0.39 is 5.60 Å². The summed E-state index contributed by atoms with van der Waals surface area (Å²) in [6.07, 6.45) is 0. The van der Waals surface area contributed by atoms with E-state index in [0.717, 1.165) is 0 Å². The van der Waals surface area contributed by atoms with Gasteiger partial charge in [0.25, 0.3) is 0 Å². The summed E-state index contributed by atoms with van der Waals surface area (Å²) in [6, 6.07) is 1.66. The van der Waals surface area contributed by atoms with Crippen LogP contribution < -0.4 is 0 Å². The minimum atomic E-state index is -1.15. The maximum atomic E-state index is 8.47. The Labute approximate surface area is 65.1 Å². The van der Waals surface area contributed by atoms with Crippen LogP contribution in [0.15, 0.2) is 0 Å². The van der Waals surface area contributed by atoms with Crippen molar-refractivity contribution in [2.45, 2.75) is 39.1 Å². The van der Waals surface area contributed by atoms with Gasteiger partial charge >= 0.3 is 0 Å². The van der Waals surface area contributed by atoms with E-state index in [0.29, 0.717) is 0 Å². The topological polar surface area (TPSA) is 44.0 Å². The molecular formula is C7H17NOSi. The Hall–Kier alpha value is -0.333. The zero-order valence-electron chi connectivity index (χ0n) is 7.47. The Morgan fingerprint density at radius 1 is 1.30 bits per heavy atom. The standard InChI is InChI=1S/C4H7NO.C3H10Si/c1-4(2,6)3-5;1-4(2)3/h6H,1-2H3;4H,1-3H3. The third-order valence-corrected chi connectivity index (χ3v) is 0.274. The van der Waals surface area contributed by atoms with Crippen molar-refractivity contribution in [1.29, 1.82) is 5.26 Å². The molecule has 0 heterocycles. The third kappa shape index (κ3) is 47.9. The second kappa shape index (κ2) is 5.45. The van der Waals surface area contributed by atoms with Gasteiger partial charge in [-0.15, -0.1) is 0 Å². The summed E-state index contributed by atoms with van der Waals surface area (Å²) >= 11 is 0. The van der Waals surface area contributed by atoms with E-state index in [9.17, 15) is 0 Å². The molecule has 0 rings (SSSR count). The first-order chi connectivity index (χ1) is 4.29. The fraction of sp³-hybridized carbons (Fsp3) is 0.857. The van der Waals surface area contributed by atoms with E-state index in [-0.39, 0.29) is 8.80 Å². The van der Waals surface area contributed by atoms with Crippen molar-refractivity contribution in [2.24, 2.45) is 0 Å². The molecule has 3 heteroatoms. The Bertz CT molecular complexity index is 107. The molecule has 0 aliphatic carbocycles. The monoisotopic (exact) mass is 159 g/mol. The summed E-state index contributed by atoms with van der Waals surface area (Å²) in [4.78, 5) is 0. The zero-order chi connectivity index (χ0) is 8.78. The SMILES string of the molecule is CC(C)(O)C#N.C[SiH](C)C. The van der Waals surface area contributed by atoms with Gasteiger partial charge in [-0.25, -0.2) is 0 Å². The van der Waals surface area contributed by atoms with Crippen LogP contribution in [-0.4, -0.2) is 19.5 Å². The molecule has 2 nitrogen and oxygen atoms in total. The summed E-state index contributed by atoms with van der Waals surface area (Å²) in [6.45, 7) is 9.79. The quantitative estimate of drug-likeness (QED) is 0.429. The van der Waals surface area contributed by atoms with E-state index in [4.69, 9.17) is 10.4 Å². The van der Waals surface area contributed by atoms with E-state index in [2.05, 4.69) is 19.6 Å². The predicted octanol–water partition coefficient (Wildman–Crippen LogP) is 1.38. The largest absolute Gasteiger partial charge is 0.376 e. The molecule has 1 N–H and O–H groups in total. The van der Waals surface area contributed by atoms with E-state index in [1.165, 1.54) is 13.8 Å². The van der Waals surface area contributed by atoms with Gasteiger partial charge in [0.2, 0.25) is 0 Å². The van der Waals surface area contributed by atoms with Gasteiger partial charge in [0, 0.05) is 8.80 Å². The maximum absolute atomic E-state index is 8.47. The van der Waals surface area contributed by atoms with Crippen LogP contribution in [0.3, 0.4) is 0 Å². The molecule has 0 aromatic carbocycles. The number of nitrogens with zero attached hydrogens (tertiary/aromatic N) is 1. The van der Waals surface area contributed by atoms with Crippen molar-refractivity contribution in [2.75, 3.05) is 0 Å². The first kappa shape index (κ1) is 12.4. The number of nitriles is 1. The van der Waals surface area contributed by atoms with Gasteiger partial charge in [0.1, 0.15) is 5.60 Å². The smallest absolute Gasteiger partial charge is 0.145 e. The van der Waals surface area contributed by atoms with Crippen molar-refractivity contribution >= 4 is 8.80 Å². The van der Waals surface area contributed by atoms with Crippen LogP contribution in [0.5, 0.6) is 0 Å². The van der Waals surface area contributed by atoms with Gasteiger partial charge in [0.05, 0.1) is 6.07 Å². The highest BCUT2D eigenvalue weighted by molar-refractivity contribution is 6.54. The first-order valence-corrected chi connectivity index (χ1v) is 6.89.